The quantitative estimate of drug-likeness (QED) is 0.692. The van der Waals surface area contributed by atoms with Crippen LogP contribution in [0.1, 0.15) is 35.1 Å². The van der Waals surface area contributed by atoms with Crippen molar-refractivity contribution in [1.29, 1.82) is 0 Å². The summed E-state index contributed by atoms with van der Waals surface area (Å²) in [6, 6.07) is 4.77. The van der Waals surface area contributed by atoms with E-state index in [0.717, 1.165) is 6.54 Å². The first-order valence-electron chi connectivity index (χ1n) is 7.14. The van der Waals surface area contributed by atoms with E-state index in [1.807, 2.05) is 0 Å². The Bertz CT molecular complexity index is 650. The molecule has 0 aliphatic carbocycles. The van der Waals surface area contributed by atoms with Crippen molar-refractivity contribution in [3.05, 3.63) is 43.9 Å². The first-order valence-corrected chi connectivity index (χ1v) is 8.02. The van der Waals surface area contributed by atoms with Crippen LogP contribution in [0.3, 0.4) is 0 Å². The Kier molecular flexibility index (Phi) is 3.77. The van der Waals surface area contributed by atoms with Crippen molar-refractivity contribution in [3.8, 4) is 0 Å². The Labute approximate surface area is 127 Å². The molecule has 1 aliphatic rings. The molecule has 21 heavy (non-hydrogen) atoms. The van der Waals surface area contributed by atoms with E-state index in [1.165, 1.54) is 22.6 Å². The number of nitrogens with zero attached hydrogens (tertiary/aromatic N) is 3. The van der Waals surface area contributed by atoms with Gasteiger partial charge in [-0.05, 0) is 25.3 Å². The molecule has 2 aromatic rings. The number of nitrogens with one attached hydrogen (secondary N) is 1. The minimum Gasteiger partial charge on any atom is -0.310 e. The van der Waals surface area contributed by atoms with Gasteiger partial charge in [0.1, 0.15) is 17.4 Å². The minimum absolute atomic E-state index is 0.154. The predicted molar refractivity (Wildman–Crippen MR) is 80.5 cm³/mol. The van der Waals surface area contributed by atoms with Crippen LogP contribution in [0, 0.1) is 24.0 Å². The molecule has 3 heterocycles. The van der Waals surface area contributed by atoms with Crippen molar-refractivity contribution in [2.75, 3.05) is 6.54 Å². The molecule has 7 heteroatoms. The lowest BCUT2D eigenvalue weighted by Crippen LogP contribution is -3.09. The molecule has 0 saturated carbocycles. The third-order valence-electron chi connectivity index (χ3n) is 4.25. The van der Waals surface area contributed by atoms with Gasteiger partial charge in [0.2, 0.25) is 0 Å². The van der Waals surface area contributed by atoms with E-state index < -0.39 is 0 Å². The first-order chi connectivity index (χ1) is 10.1. The Balaban J connectivity index is 1.83. The van der Waals surface area contributed by atoms with E-state index in [4.69, 9.17) is 0 Å². The molecule has 0 spiro atoms. The van der Waals surface area contributed by atoms with Crippen LogP contribution >= 0.6 is 11.3 Å². The van der Waals surface area contributed by atoms with Crippen molar-refractivity contribution in [2.45, 2.75) is 39.4 Å². The largest absolute Gasteiger partial charge is 0.312 e. The average Bonchev–Trinajstić information content (AvgIpc) is 3.11. The second-order valence-electron chi connectivity index (χ2n) is 5.55. The van der Waals surface area contributed by atoms with Crippen molar-refractivity contribution >= 4 is 17.0 Å². The van der Waals surface area contributed by atoms with Crippen molar-refractivity contribution in [3.63, 3.8) is 0 Å². The van der Waals surface area contributed by atoms with Crippen LogP contribution in [0.25, 0.3) is 0 Å². The summed E-state index contributed by atoms with van der Waals surface area (Å²) in [5.41, 5.74) is 1.31. The molecule has 0 bridgehead atoms. The van der Waals surface area contributed by atoms with E-state index in [9.17, 15) is 10.1 Å². The molecule has 3 rings (SSSR count). The van der Waals surface area contributed by atoms with Gasteiger partial charge in [-0.1, -0.05) is 6.07 Å². The monoisotopic (exact) mass is 307 g/mol. The van der Waals surface area contributed by atoms with E-state index in [1.54, 1.807) is 29.9 Å². The maximum Gasteiger partial charge on any atom is 0.312 e. The molecule has 1 saturated heterocycles. The number of quaternary nitrogens is 1. The molecule has 6 nitrogen and oxygen atoms in total. The molecule has 0 radical (unpaired) electrons. The highest BCUT2D eigenvalue weighted by Gasteiger charge is 2.32. The summed E-state index contributed by atoms with van der Waals surface area (Å²) in [4.78, 5) is 13.6. The maximum atomic E-state index is 11.1. The number of aromatic nitrogens is 2. The van der Waals surface area contributed by atoms with Gasteiger partial charge in [-0.15, -0.1) is 11.3 Å². The molecule has 1 N–H and O–H groups in total. The predicted octanol–water partition coefficient (Wildman–Crippen LogP) is 1.85. The van der Waals surface area contributed by atoms with Crippen LogP contribution in [-0.4, -0.2) is 21.2 Å². The van der Waals surface area contributed by atoms with Gasteiger partial charge in [0.25, 0.3) is 0 Å². The molecule has 2 atom stereocenters. The summed E-state index contributed by atoms with van der Waals surface area (Å²) in [5.74, 6) is 0. The summed E-state index contributed by atoms with van der Waals surface area (Å²) >= 11 is 1.79. The van der Waals surface area contributed by atoms with Gasteiger partial charge >= 0.3 is 5.69 Å². The number of likely N-dealkylation sites (tertiary alicyclic amines) is 1. The van der Waals surface area contributed by atoms with Gasteiger partial charge in [0.15, 0.2) is 6.67 Å². The molecule has 112 valence electrons. The van der Waals surface area contributed by atoms with E-state index in [2.05, 4.69) is 22.6 Å². The van der Waals surface area contributed by atoms with Crippen LogP contribution in [0.2, 0.25) is 0 Å². The highest BCUT2D eigenvalue weighted by Crippen LogP contribution is 2.24. The smallest absolute Gasteiger partial charge is 0.310 e. The second kappa shape index (κ2) is 5.57. The molecule has 1 fully saturated rings. The van der Waals surface area contributed by atoms with Crippen LogP contribution < -0.4 is 4.90 Å². The van der Waals surface area contributed by atoms with Gasteiger partial charge in [-0.3, -0.25) is 10.1 Å². The fourth-order valence-corrected chi connectivity index (χ4v) is 4.15. The third kappa shape index (κ3) is 2.58. The molecule has 2 aromatic heterocycles. The first kappa shape index (κ1) is 14.2. The maximum absolute atomic E-state index is 11.1. The van der Waals surface area contributed by atoms with Gasteiger partial charge < -0.3 is 4.90 Å². The summed E-state index contributed by atoms with van der Waals surface area (Å²) < 4.78 is 1.80. The molecular weight excluding hydrogens is 288 g/mol. The van der Waals surface area contributed by atoms with Crippen molar-refractivity contribution in [2.24, 2.45) is 0 Å². The number of hydrogen-bond donors (Lipinski definition) is 1. The number of hydrogen-bond acceptors (Lipinski definition) is 4. The normalized spacial score (nSPS) is 21.8. The minimum atomic E-state index is -0.329. The summed E-state index contributed by atoms with van der Waals surface area (Å²) in [6.07, 6.45) is 2.37. The fraction of sp³-hybridized carbons (Fsp3) is 0.500. The third-order valence-corrected chi connectivity index (χ3v) is 5.23. The summed E-state index contributed by atoms with van der Waals surface area (Å²) in [7, 11) is 0. The summed E-state index contributed by atoms with van der Waals surface area (Å²) in [6.45, 7) is 5.28. The molecule has 0 amide bonds. The molecule has 1 unspecified atom stereocenters. The zero-order valence-corrected chi connectivity index (χ0v) is 13.0. The molecular formula is C14H19N4O2S+. The lowest BCUT2D eigenvalue weighted by molar-refractivity contribution is -0.941. The Morgan fingerprint density at radius 2 is 2.38 bits per heavy atom. The van der Waals surface area contributed by atoms with Crippen molar-refractivity contribution in [1.82, 2.24) is 9.78 Å². The number of rotatable bonds is 4. The SMILES string of the molecule is Cc1nn(C[NH+]2CCC[C@H]2c2cccs2)c(C)c1[N+](=O)[O-]. The van der Waals surface area contributed by atoms with Gasteiger partial charge in [-0.2, -0.15) is 5.10 Å². The Hall–Kier alpha value is -1.73. The van der Waals surface area contributed by atoms with Gasteiger partial charge in [0, 0.05) is 12.8 Å². The van der Waals surface area contributed by atoms with Crippen LogP contribution in [-0.2, 0) is 6.67 Å². The van der Waals surface area contributed by atoms with Gasteiger partial charge in [-0.25, -0.2) is 4.68 Å². The highest BCUT2D eigenvalue weighted by molar-refractivity contribution is 7.10. The Morgan fingerprint density at radius 1 is 1.57 bits per heavy atom. The van der Waals surface area contributed by atoms with E-state index in [0.29, 0.717) is 24.1 Å². The molecule has 0 aromatic carbocycles. The van der Waals surface area contributed by atoms with Crippen molar-refractivity contribution < 1.29 is 9.82 Å². The Morgan fingerprint density at radius 3 is 3.00 bits per heavy atom. The summed E-state index contributed by atoms with van der Waals surface area (Å²) in [5, 5.41) is 17.6. The number of thiophene rings is 1. The average molecular weight is 307 g/mol. The van der Waals surface area contributed by atoms with Crippen LogP contribution in [0.4, 0.5) is 5.69 Å². The highest BCUT2D eigenvalue weighted by atomic mass is 32.1. The topological polar surface area (TPSA) is 65.4 Å². The number of nitro groups is 1. The zero-order valence-electron chi connectivity index (χ0n) is 12.2. The standard InChI is InChI=1S/C14H18N4O2S/c1-10-14(18(19)20)11(2)17(15-10)9-16-7-3-5-12(16)13-6-4-8-21-13/h4,6,8,12H,3,5,7,9H2,1-2H3/p+1/t12-/m0/s1. The number of aryl methyl sites for hydroxylation is 1. The van der Waals surface area contributed by atoms with Gasteiger partial charge in [0.05, 0.1) is 16.3 Å². The van der Waals surface area contributed by atoms with Crippen LogP contribution in [0.5, 0.6) is 0 Å². The van der Waals surface area contributed by atoms with E-state index >= 15 is 0 Å². The lowest BCUT2D eigenvalue weighted by Gasteiger charge is -2.20. The zero-order chi connectivity index (χ0) is 15.0. The second-order valence-corrected chi connectivity index (χ2v) is 6.53. The lowest BCUT2D eigenvalue weighted by atomic mass is 10.2. The molecule has 1 aliphatic heterocycles. The van der Waals surface area contributed by atoms with E-state index in [-0.39, 0.29) is 10.6 Å². The fourth-order valence-electron chi connectivity index (χ4n) is 3.23. The van der Waals surface area contributed by atoms with Crippen LogP contribution in [0.15, 0.2) is 17.5 Å².